The summed E-state index contributed by atoms with van der Waals surface area (Å²) in [7, 11) is 1.79. The lowest BCUT2D eigenvalue weighted by Crippen LogP contribution is -2.26. The molecule has 0 aromatic carbocycles. The second-order valence-corrected chi connectivity index (χ2v) is 7.01. The van der Waals surface area contributed by atoms with Crippen LogP contribution in [-0.2, 0) is 6.54 Å². The minimum atomic E-state index is -0.0711. The average Bonchev–Trinajstić information content (AvgIpc) is 3.03. The molecule has 0 fully saturated rings. The van der Waals surface area contributed by atoms with E-state index in [0.29, 0.717) is 12.2 Å². The molecule has 0 atom stereocenters. The Morgan fingerprint density at radius 2 is 2.25 bits per heavy atom. The molecule has 4 nitrogen and oxygen atoms in total. The van der Waals surface area contributed by atoms with Gasteiger partial charge in [0, 0.05) is 24.3 Å². The number of nitrogens with zero attached hydrogens (tertiary/aromatic N) is 3. The fourth-order valence-electron chi connectivity index (χ4n) is 1.98. The number of halogens is 1. The molecule has 0 saturated heterocycles. The van der Waals surface area contributed by atoms with Gasteiger partial charge in [-0.05, 0) is 40.2 Å². The molecule has 0 bridgehead atoms. The van der Waals surface area contributed by atoms with Crippen molar-refractivity contribution in [3.05, 3.63) is 57.1 Å². The number of hydrogen-bond donors (Lipinski definition) is 0. The van der Waals surface area contributed by atoms with Gasteiger partial charge in [0.25, 0.3) is 5.91 Å². The van der Waals surface area contributed by atoms with E-state index in [1.165, 1.54) is 0 Å². The van der Waals surface area contributed by atoms with Crippen molar-refractivity contribution in [2.45, 2.75) is 6.54 Å². The number of carbonyl (C=O) groups is 1. The van der Waals surface area contributed by atoms with E-state index in [4.69, 9.17) is 0 Å². The van der Waals surface area contributed by atoms with Crippen LogP contribution in [-0.4, -0.2) is 27.2 Å². The molecule has 3 rings (SSSR count). The number of pyridine rings is 1. The Morgan fingerprint density at radius 1 is 1.40 bits per heavy atom. The van der Waals surface area contributed by atoms with E-state index >= 15 is 0 Å². The van der Waals surface area contributed by atoms with Crippen LogP contribution in [0.5, 0.6) is 0 Å². The van der Waals surface area contributed by atoms with Crippen LogP contribution in [0.15, 0.2) is 46.5 Å². The fraction of sp³-hybridized carbons (Fsp3) is 0.143. The number of hydrogen-bond acceptors (Lipinski definition) is 3. The predicted octanol–water partition coefficient (Wildman–Crippen LogP) is 3.43. The number of thiophene rings is 1. The van der Waals surface area contributed by atoms with E-state index in [1.54, 1.807) is 29.5 Å². The molecule has 0 aliphatic rings. The molecule has 0 spiro atoms. The third kappa shape index (κ3) is 2.62. The monoisotopic (exact) mass is 349 g/mol. The molecule has 0 aliphatic heterocycles. The van der Waals surface area contributed by atoms with Crippen LogP contribution in [0.25, 0.3) is 5.65 Å². The van der Waals surface area contributed by atoms with Gasteiger partial charge in [0.05, 0.1) is 10.3 Å². The predicted molar refractivity (Wildman–Crippen MR) is 83.0 cm³/mol. The first kappa shape index (κ1) is 13.3. The largest absolute Gasteiger partial charge is 0.335 e. The summed E-state index contributed by atoms with van der Waals surface area (Å²) in [6, 6.07) is 9.71. The molecular formula is C14H12BrN3OS. The van der Waals surface area contributed by atoms with Gasteiger partial charge in [-0.3, -0.25) is 4.79 Å². The zero-order chi connectivity index (χ0) is 14.1. The number of imidazole rings is 1. The molecule has 0 radical (unpaired) electrons. The Hall–Kier alpha value is -1.66. The van der Waals surface area contributed by atoms with Gasteiger partial charge in [0.1, 0.15) is 11.3 Å². The third-order valence-electron chi connectivity index (χ3n) is 2.95. The lowest BCUT2D eigenvalue weighted by atomic mass is 10.3. The van der Waals surface area contributed by atoms with Crippen molar-refractivity contribution in [2.75, 3.05) is 7.05 Å². The molecule has 6 heteroatoms. The van der Waals surface area contributed by atoms with Gasteiger partial charge in [-0.1, -0.05) is 6.07 Å². The van der Waals surface area contributed by atoms with Gasteiger partial charge in [-0.25, -0.2) is 4.98 Å². The number of carbonyl (C=O) groups excluding carboxylic acids is 1. The Kier molecular flexibility index (Phi) is 3.58. The highest BCUT2D eigenvalue weighted by Crippen LogP contribution is 2.23. The molecule has 102 valence electrons. The summed E-state index contributed by atoms with van der Waals surface area (Å²) in [6.45, 7) is 0.586. The molecule has 3 aromatic heterocycles. The van der Waals surface area contributed by atoms with Crippen molar-refractivity contribution in [1.82, 2.24) is 14.3 Å². The summed E-state index contributed by atoms with van der Waals surface area (Å²) in [5.41, 5.74) is 1.25. The molecular weight excluding hydrogens is 338 g/mol. The van der Waals surface area contributed by atoms with Crippen molar-refractivity contribution in [3.63, 3.8) is 0 Å². The smallest absolute Gasteiger partial charge is 0.274 e. The molecule has 0 N–H and O–H groups in total. The van der Waals surface area contributed by atoms with Gasteiger partial charge in [0.15, 0.2) is 0 Å². The number of aromatic nitrogens is 2. The van der Waals surface area contributed by atoms with E-state index in [9.17, 15) is 4.79 Å². The quantitative estimate of drug-likeness (QED) is 0.726. The highest BCUT2D eigenvalue weighted by Gasteiger charge is 2.16. The Morgan fingerprint density at radius 3 is 2.95 bits per heavy atom. The fourth-order valence-corrected chi connectivity index (χ4v) is 3.51. The standard InChI is InChI=1S/C14H12BrN3OS/c1-17(8-10-5-6-12(15)20-10)14(19)11-9-18-7-3-2-4-13(18)16-11/h2-7,9H,8H2,1H3. The normalized spacial score (nSPS) is 10.9. The lowest BCUT2D eigenvalue weighted by molar-refractivity contribution is 0.0781. The van der Waals surface area contributed by atoms with E-state index in [-0.39, 0.29) is 5.91 Å². The van der Waals surface area contributed by atoms with E-state index in [2.05, 4.69) is 20.9 Å². The highest BCUT2D eigenvalue weighted by molar-refractivity contribution is 9.11. The van der Waals surface area contributed by atoms with E-state index < -0.39 is 0 Å². The van der Waals surface area contributed by atoms with Gasteiger partial charge in [-0.2, -0.15) is 0 Å². The van der Waals surface area contributed by atoms with Crippen molar-refractivity contribution < 1.29 is 4.79 Å². The van der Waals surface area contributed by atoms with Crippen LogP contribution in [0.4, 0.5) is 0 Å². The highest BCUT2D eigenvalue weighted by atomic mass is 79.9. The summed E-state index contributed by atoms with van der Waals surface area (Å²) in [5.74, 6) is -0.0711. The summed E-state index contributed by atoms with van der Waals surface area (Å²) < 4.78 is 2.92. The second-order valence-electron chi connectivity index (χ2n) is 4.46. The number of rotatable bonds is 3. The molecule has 0 aliphatic carbocycles. The van der Waals surface area contributed by atoms with Crippen molar-refractivity contribution in [2.24, 2.45) is 0 Å². The van der Waals surface area contributed by atoms with Gasteiger partial charge >= 0.3 is 0 Å². The van der Waals surface area contributed by atoms with E-state index in [1.807, 2.05) is 40.9 Å². The van der Waals surface area contributed by atoms with Crippen LogP contribution < -0.4 is 0 Å². The Bertz CT molecular complexity index is 731. The van der Waals surface area contributed by atoms with Crippen LogP contribution in [0.3, 0.4) is 0 Å². The van der Waals surface area contributed by atoms with Crippen LogP contribution in [0.1, 0.15) is 15.4 Å². The first-order valence-corrected chi connectivity index (χ1v) is 7.68. The topological polar surface area (TPSA) is 37.6 Å². The maximum Gasteiger partial charge on any atom is 0.274 e. The van der Waals surface area contributed by atoms with Crippen LogP contribution >= 0.6 is 27.3 Å². The van der Waals surface area contributed by atoms with Gasteiger partial charge < -0.3 is 9.30 Å². The molecule has 3 aromatic rings. The minimum absolute atomic E-state index is 0.0711. The van der Waals surface area contributed by atoms with Crippen LogP contribution in [0, 0.1) is 0 Å². The molecule has 1 amide bonds. The van der Waals surface area contributed by atoms with Crippen molar-refractivity contribution in [3.8, 4) is 0 Å². The van der Waals surface area contributed by atoms with E-state index in [0.717, 1.165) is 14.3 Å². The zero-order valence-corrected chi connectivity index (χ0v) is 13.2. The first-order chi connectivity index (χ1) is 9.63. The summed E-state index contributed by atoms with van der Waals surface area (Å²) in [5, 5.41) is 0. The molecule has 0 unspecified atom stereocenters. The Labute approximate surface area is 128 Å². The summed E-state index contributed by atoms with van der Waals surface area (Å²) in [6.07, 6.45) is 3.65. The maximum absolute atomic E-state index is 12.4. The second kappa shape index (κ2) is 5.38. The Balaban J connectivity index is 1.80. The SMILES string of the molecule is CN(Cc1ccc(Br)s1)C(=O)c1cn2ccccc2n1. The lowest BCUT2D eigenvalue weighted by Gasteiger charge is -2.14. The van der Waals surface area contributed by atoms with Crippen molar-refractivity contribution >= 4 is 38.8 Å². The first-order valence-electron chi connectivity index (χ1n) is 6.07. The van der Waals surface area contributed by atoms with Gasteiger partial charge in [0.2, 0.25) is 0 Å². The summed E-state index contributed by atoms with van der Waals surface area (Å²) in [4.78, 5) is 19.5. The zero-order valence-electron chi connectivity index (χ0n) is 10.8. The number of fused-ring (bicyclic) bond motifs is 1. The third-order valence-corrected chi connectivity index (χ3v) is 4.56. The van der Waals surface area contributed by atoms with Crippen LogP contribution in [0.2, 0.25) is 0 Å². The minimum Gasteiger partial charge on any atom is -0.335 e. The summed E-state index contributed by atoms with van der Waals surface area (Å²) >= 11 is 5.06. The maximum atomic E-state index is 12.4. The molecule has 20 heavy (non-hydrogen) atoms. The average molecular weight is 350 g/mol. The number of amides is 1. The van der Waals surface area contributed by atoms with Crippen molar-refractivity contribution in [1.29, 1.82) is 0 Å². The van der Waals surface area contributed by atoms with Gasteiger partial charge in [-0.15, -0.1) is 11.3 Å². The molecule has 0 saturated carbocycles. The molecule has 3 heterocycles.